The molecule has 1 aliphatic heterocycles. The molecule has 1 fully saturated rings. The van der Waals surface area contributed by atoms with Crippen LogP contribution in [0.5, 0.6) is 0 Å². The summed E-state index contributed by atoms with van der Waals surface area (Å²) in [5, 5.41) is 3.60. The Hall–Kier alpha value is -1.10. The van der Waals surface area contributed by atoms with Crippen LogP contribution in [-0.2, 0) is 4.79 Å². The summed E-state index contributed by atoms with van der Waals surface area (Å²) in [6, 6.07) is 5.64. The number of nitrogens with two attached hydrogens (primary N) is 1. The summed E-state index contributed by atoms with van der Waals surface area (Å²) in [5.41, 5.74) is 7.69. The van der Waals surface area contributed by atoms with Crippen LogP contribution in [0.4, 0.5) is 5.69 Å². The van der Waals surface area contributed by atoms with Gasteiger partial charge in [-0.25, -0.2) is 0 Å². The van der Waals surface area contributed by atoms with E-state index in [2.05, 4.69) is 10.2 Å². The molecular formula is C14H20ClN3O. The maximum Gasteiger partial charge on any atom is 0.238 e. The zero-order valence-electron chi connectivity index (χ0n) is 11.2. The standard InChI is InChI=1S/C14H20ClN3O/c1-10-7-11(15)4-5-13(10)17-14(19)9-18-6-2-3-12(16)8-18/h4-5,7,12H,2-3,6,8-9,16H2,1H3,(H,17,19)/t12-/m1/s1. The summed E-state index contributed by atoms with van der Waals surface area (Å²) in [6.07, 6.45) is 2.11. The summed E-state index contributed by atoms with van der Waals surface area (Å²) in [5.74, 6) is -0.000442. The molecule has 0 aromatic heterocycles. The van der Waals surface area contributed by atoms with Gasteiger partial charge in [-0.2, -0.15) is 0 Å². The van der Waals surface area contributed by atoms with Gasteiger partial charge < -0.3 is 11.1 Å². The second kappa shape index (κ2) is 6.37. The van der Waals surface area contributed by atoms with Crippen LogP contribution in [0.25, 0.3) is 0 Å². The van der Waals surface area contributed by atoms with Gasteiger partial charge in [-0.15, -0.1) is 0 Å². The zero-order valence-corrected chi connectivity index (χ0v) is 11.9. The predicted molar refractivity (Wildman–Crippen MR) is 78.5 cm³/mol. The minimum Gasteiger partial charge on any atom is -0.327 e. The Morgan fingerprint density at radius 1 is 1.58 bits per heavy atom. The first kappa shape index (κ1) is 14.3. The van der Waals surface area contributed by atoms with E-state index in [1.165, 1.54) is 0 Å². The number of hydrogen-bond donors (Lipinski definition) is 2. The van der Waals surface area contributed by atoms with E-state index >= 15 is 0 Å². The predicted octanol–water partition coefficient (Wildman–Crippen LogP) is 2.01. The van der Waals surface area contributed by atoms with Crippen molar-refractivity contribution >= 4 is 23.2 Å². The molecule has 2 rings (SSSR count). The largest absolute Gasteiger partial charge is 0.327 e. The number of likely N-dealkylation sites (tertiary alicyclic amines) is 1. The van der Waals surface area contributed by atoms with Crippen molar-refractivity contribution in [1.29, 1.82) is 0 Å². The first-order valence-corrected chi connectivity index (χ1v) is 6.96. The Kier molecular flexibility index (Phi) is 4.80. The molecule has 0 aliphatic carbocycles. The molecule has 1 heterocycles. The molecule has 1 aromatic carbocycles. The molecule has 5 heteroatoms. The lowest BCUT2D eigenvalue weighted by molar-refractivity contribution is -0.117. The van der Waals surface area contributed by atoms with Crippen LogP contribution >= 0.6 is 11.6 Å². The van der Waals surface area contributed by atoms with Crippen LogP contribution in [0, 0.1) is 6.92 Å². The Balaban J connectivity index is 1.90. The summed E-state index contributed by atoms with van der Waals surface area (Å²) in [6.45, 7) is 4.07. The van der Waals surface area contributed by atoms with Crippen LogP contribution < -0.4 is 11.1 Å². The lowest BCUT2D eigenvalue weighted by Gasteiger charge is -2.30. The minimum absolute atomic E-state index is 0.000442. The number of benzene rings is 1. The van der Waals surface area contributed by atoms with Gasteiger partial charge >= 0.3 is 0 Å². The van der Waals surface area contributed by atoms with Crippen molar-refractivity contribution in [2.75, 3.05) is 25.0 Å². The minimum atomic E-state index is -0.000442. The third kappa shape index (κ3) is 4.20. The maximum atomic E-state index is 12.0. The number of hydrogen-bond acceptors (Lipinski definition) is 3. The molecule has 19 heavy (non-hydrogen) atoms. The summed E-state index contributed by atoms with van der Waals surface area (Å²) in [4.78, 5) is 14.1. The highest BCUT2D eigenvalue weighted by atomic mass is 35.5. The molecule has 0 bridgehead atoms. The molecule has 0 unspecified atom stereocenters. The first-order valence-electron chi connectivity index (χ1n) is 6.58. The van der Waals surface area contributed by atoms with Gasteiger partial charge in [0.1, 0.15) is 0 Å². The van der Waals surface area contributed by atoms with Crippen molar-refractivity contribution in [1.82, 2.24) is 4.90 Å². The van der Waals surface area contributed by atoms with E-state index in [-0.39, 0.29) is 11.9 Å². The number of piperidine rings is 1. The van der Waals surface area contributed by atoms with Gasteiger partial charge in [0.2, 0.25) is 5.91 Å². The van der Waals surface area contributed by atoms with Gasteiger partial charge in [-0.1, -0.05) is 11.6 Å². The summed E-state index contributed by atoms with van der Waals surface area (Å²) in [7, 11) is 0. The van der Waals surface area contributed by atoms with Crippen LogP contribution in [0.3, 0.4) is 0 Å². The molecule has 1 saturated heterocycles. The van der Waals surface area contributed by atoms with Crippen molar-refractivity contribution in [2.45, 2.75) is 25.8 Å². The van der Waals surface area contributed by atoms with Crippen LogP contribution in [0.1, 0.15) is 18.4 Å². The molecule has 0 saturated carbocycles. The Morgan fingerprint density at radius 3 is 3.05 bits per heavy atom. The fourth-order valence-corrected chi connectivity index (χ4v) is 2.62. The van der Waals surface area contributed by atoms with Gasteiger partial charge in [-0.3, -0.25) is 9.69 Å². The molecule has 104 valence electrons. The number of halogens is 1. The SMILES string of the molecule is Cc1cc(Cl)ccc1NC(=O)CN1CCC[C@@H](N)C1. The number of amides is 1. The second-order valence-corrected chi connectivity index (χ2v) is 5.58. The monoisotopic (exact) mass is 281 g/mol. The normalized spacial score (nSPS) is 20.3. The third-order valence-electron chi connectivity index (χ3n) is 3.37. The fraction of sp³-hybridized carbons (Fsp3) is 0.500. The van der Waals surface area contributed by atoms with E-state index in [0.717, 1.165) is 37.2 Å². The van der Waals surface area contributed by atoms with Crippen LogP contribution in [0.2, 0.25) is 5.02 Å². The van der Waals surface area contributed by atoms with E-state index < -0.39 is 0 Å². The third-order valence-corrected chi connectivity index (χ3v) is 3.61. The van der Waals surface area contributed by atoms with E-state index in [0.29, 0.717) is 11.6 Å². The number of carbonyl (C=O) groups is 1. The highest BCUT2D eigenvalue weighted by Gasteiger charge is 2.18. The quantitative estimate of drug-likeness (QED) is 0.891. The van der Waals surface area contributed by atoms with Crippen molar-refractivity contribution in [3.8, 4) is 0 Å². The first-order chi connectivity index (χ1) is 9.04. The molecule has 1 aromatic rings. The second-order valence-electron chi connectivity index (χ2n) is 5.14. The Morgan fingerprint density at radius 2 is 2.37 bits per heavy atom. The number of rotatable bonds is 3. The molecule has 0 radical (unpaired) electrons. The smallest absolute Gasteiger partial charge is 0.238 e. The van der Waals surface area contributed by atoms with Crippen molar-refractivity contribution in [3.05, 3.63) is 28.8 Å². The maximum absolute atomic E-state index is 12.0. The van der Waals surface area contributed by atoms with Gasteiger partial charge in [0, 0.05) is 23.3 Å². The number of nitrogens with zero attached hydrogens (tertiary/aromatic N) is 1. The fourth-order valence-electron chi connectivity index (χ4n) is 2.40. The van der Waals surface area contributed by atoms with Crippen LogP contribution in [0.15, 0.2) is 18.2 Å². The van der Waals surface area contributed by atoms with Gasteiger partial charge in [-0.05, 0) is 50.1 Å². The number of carbonyl (C=O) groups excluding carboxylic acids is 1. The molecule has 1 amide bonds. The topological polar surface area (TPSA) is 58.4 Å². The van der Waals surface area contributed by atoms with E-state index in [1.54, 1.807) is 6.07 Å². The van der Waals surface area contributed by atoms with Crippen LogP contribution in [-0.4, -0.2) is 36.5 Å². The molecule has 4 nitrogen and oxygen atoms in total. The van der Waals surface area contributed by atoms with Gasteiger partial charge in [0.25, 0.3) is 0 Å². The van der Waals surface area contributed by atoms with E-state index in [4.69, 9.17) is 17.3 Å². The zero-order chi connectivity index (χ0) is 13.8. The molecule has 1 aliphatic rings. The Bertz CT molecular complexity index is 464. The van der Waals surface area contributed by atoms with Gasteiger partial charge in [0.05, 0.1) is 6.54 Å². The number of anilines is 1. The molecule has 0 spiro atoms. The van der Waals surface area contributed by atoms with Crippen molar-refractivity contribution < 1.29 is 4.79 Å². The highest BCUT2D eigenvalue weighted by molar-refractivity contribution is 6.30. The number of aryl methyl sites for hydroxylation is 1. The molecular weight excluding hydrogens is 262 g/mol. The highest BCUT2D eigenvalue weighted by Crippen LogP contribution is 2.19. The lowest BCUT2D eigenvalue weighted by atomic mass is 10.1. The average Bonchev–Trinajstić information content (AvgIpc) is 2.33. The van der Waals surface area contributed by atoms with E-state index in [9.17, 15) is 4.79 Å². The van der Waals surface area contributed by atoms with Gasteiger partial charge in [0.15, 0.2) is 0 Å². The van der Waals surface area contributed by atoms with Crippen molar-refractivity contribution in [2.24, 2.45) is 5.73 Å². The van der Waals surface area contributed by atoms with E-state index in [1.807, 2.05) is 19.1 Å². The summed E-state index contributed by atoms with van der Waals surface area (Å²) >= 11 is 5.89. The van der Waals surface area contributed by atoms with Crippen molar-refractivity contribution in [3.63, 3.8) is 0 Å². The molecule has 1 atom stereocenters. The molecule has 3 N–H and O–H groups in total. The number of nitrogens with one attached hydrogen (secondary N) is 1. The summed E-state index contributed by atoms with van der Waals surface area (Å²) < 4.78 is 0. The Labute approximate surface area is 118 Å². The average molecular weight is 282 g/mol. The lowest BCUT2D eigenvalue weighted by Crippen LogP contribution is -2.45.